The largest absolute Gasteiger partial charge is 0.494 e. The molecule has 3 aliphatic rings. The van der Waals surface area contributed by atoms with Gasteiger partial charge in [-0.05, 0) is 81.3 Å². The predicted molar refractivity (Wildman–Crippen MR) is 132 cm³/mol. The van der Waals surface area contributed by atoms with Crippen LogP contribution in [0.1, 0.15) is 73.7 Å². The van der Waals surface area contributed by atoms with E-state index in [1.54, 1.807) is 11.0 Å². The molecule has 2 N–H and O–H groups in total. The second kappa shape index (κ2) is 12.3. The molecule has 1 saturated heterocycles. The van der Waals surface area contributed by atoms with Gasteiger partial charge < -0.3 is 19.7 Å². The molecule has 1 aromatic rings. The molecule has 3 amide bonds. The van der Waals surface area contributed by atoms with E-state index >= 15 is 0 Å². The lowest BCUT2D eigenvalue weighted by Gasteiger charge is -2.29. The van der Waals surface area contributed by atoms with Gasteiger partial charge in [0.2, 0.25) is 11.8 Å². The van der Waals surface area contributed by atoms with Crippen molar-refractivity contribution in [3.05, 3.63) is 29.3 Å². The molecule has 9 heteroatoms. The van der Waals surface area contributed by atoms with Gasteiger partial charge in [-0.2, -0.15) is 0 Å². The van der Waals surface area contributed by atoms with E-state index in [-0.39, 0.29) is 30.1 Å². The lowest BCUT2D eigenvalue weighted by Crippen LogP contribution is -2.52. The molecule has 0 aromatic heterocycles. The molecule has 196 valence electrons. The van der Waals surface area contributed by atoms with Gasteiger partial charge in [0.15, 0.2) is 0 Å². The Morgan fingerprint density at radius 1 is 1.11 bits per heavy atom. The zero-order chi connectivity index (χ0) is 25.5. The first-order valence-corrected chi connectivity index (χ1v) is 13.1. The molecule has 0 spiro atoms. The lowest BCUT2D eigenvalue weighted by atomic mass is 10.0. The van der Waals surface area contributed by atoms with Crippen LogP contribution < -0.4 is 15.4 Å². The Bertz CT molecular complexity index is 980. The van der Waals surface area contributed by atoms with Crippen LogP contribution in [0.25, 0.3) is 0 Å². The van der Waals surface area contributed by atoms with Crippen molar-refractivity contribution in [3.63, 3.8) is 0 Å². The molecule has 2 heterocycles. The highest BCUT2D eigenvalue weighted by atomic mass is 16.5. The number of ether oxygens (including phenoxy) is 2. The number of imide groups is 1. The number of carbonyl (C=O) groups is 4. The van der Waals surface area contributed by atoms with Gasteiger partial charge in [0.1, 0.15) is 11.8 Å². The number of nitrogens with zero attached hydrogens (tertiary/aromatic N) is 1. The summed E-state index contributed by atoms with van der Waals surface area (Å²) in [6.45, 7) is 2.93. The van der Waals surface area contributed by atoms with E-state index in [4.69, 9.17) is 9.47 Å². The van der Waals surface area contributed by atoms with Gasteiger partial charge in [-0.15, -0.1) is 0 Å². The number of amides is 3. The van der Waals surface area contributed by atoms with Crippen LogP contribution in [-0.4, -0.2) is 61.4 Å². The van der Waals surface area contributed by atoms with Gasteiger partial charge in [0.25, 0.3) is 5.91 Å². The second-order valence-corrected chi connectivity index (χ2v) is 10.1. The molecule has 1 unspecified atom stereocenters. The van der Waals surface area contributed by atoms with Crippen molar-refractivity contribution < 1.29 is 28.7 Å². The first kappa shape index (κ1) is 26.1. The summed E-state index contributed by atoms with van der Waals surface area (Å²) in [5, 5.41) is 5.85. The molecule has 2 fully saturated rings. The number of esters is 1. The second-order valence-electron chi connectivity index (χ2n) is 10.1. The fourth-order valence-electron chi connectivity index (χ4n) is 5.48. The van der Waals surface area contributed by atoms with Crippen LogP contribution in [0.4, 0.5) is 0 Å². The summed E-state index contributed by atoms with van der Waals surface area (Å²) in [6.07, 6.45) is 7.87. The molecular weight excluding hydrogens is 462 g/mol. The third-order valence-electron chi connectivity index (χ3n) is 7.52. The molecule has 2 aliphatic heterocycles. The number of nitrogens with one attached hydrogen (secondary N) is 2. The van der Waals surface area contributed by atoms with Gasteiger partial charge in [-0.1, -0.05) is 12.8 Å². The van der Waals surface area contributed by atoms with Gasteiger partial charge in [-0.3, -0.25) is 24.5 Å². The number of hydrogen-bond donors (Lipinski definition) is 2. The van der Waals surface area contributed by atoms with E-state index in [1.165, 1.54) is 7.11 Å². The predicted octanol–water partition coefficient (Wildman–Crippen LogP) is 2.57. The Balaban J connectivity index is 1.08. The highest BCUT2D eigenvalue weighted by molar-refractivity contribution is 6.05. The number of methoxy groups -OCH3 is 1. The van der Waals surface area contributed by atoms with Crippen LogP contribution >= 0.6 is 0 Å². The minimum atomic E-state index is -0.601. The quantitative estimate of drug-likeness (QED) is 0.258. The summed E-state index contributed by atoms with van der Waals surface area (Å²) in [4.78, 5) is 49.5. The monoisotopic (exact) mass is 499 g/mol. The Morgan fingerprint density at radius 3 is 2.75 bits per heavy atom. The van der Waals surface area contributed by atoms with Gasteiger partial charge in [0.05, 0.1) is 19.6 Å². The van der Waals surface area contributed by atoms with E-state index in [0.717, 1.165) is 69.3 Å². The summed E-state index contributed by atoms with van der Waals surface area (Å²) in [5.74, 6) is 0.461. The maximum atomic E-state index is 12.8. The Kier molecular flexibility index (Phi) is 8.96. The third-order valence-corrected chi connectivity index (χ3v) is 7.52. The maximum absolute atomic E-state index is 12.8. The van der Waals surface area contributed by atoms with Crippen molar-refractivity contribution >= 4 is 23.7 Å². The standard InChI is InChI=1S/C27H37N3O6/c1-35-27(34)19-7-6-18(14-19)16-28-12-4-2-3-5-13-36-21-8-9-22-20(15-21)17-30(26(22)33)23-10-11-24(31)29-25(23)32/h8-9,15,18-19,23,28H,2-7,10-14,16-17H2,1H3,(H,29,31,32)/t18-,19+,23?/m0/s1. The normalized spacial score (nSPS) is 23.5. The van der Waals surface area contributed by atoms with E-state index in [0.29, 0.717) is 31.1 Å². The molecular formula is C27H37N3O6. The Morgan fingerprint density at radius 2 is 1.94 bits per heavy atom. The van der Waals surface area contributed by atoms with Crippen LogP contribution in [0, 0.1) is 11.8 Å². The van der Waals surface area contributed by atoms with E-state index in [9.17, 15) is 19.2 Å². The topological polar surface area (TPSA) is 114 Å². The van der Waals surface area contributed by atoms with Crippen LogP contribution in [0.3, 0.4) is 0 Å². The average Bonchev–Trinajstić information content (AvgIpc) is 3.47. The molecule has 1 aromatic carbocycles. The van der Waals surface area contributed by atoms with E-state index in [1.807, 2.05) is 12.1 Å². The van der Waals surface area contributed by atoms with Crippen molar-refractivity contribution in [1.82, 2.24) is 15.5 Å². The Hall–Kier alpha value is -2.94. The number of piperidine rings is 1. The van der Waals surface area contributed by atoms with Crippen LogP contribution in [0.15, 0.2) is 18.2 Å². The zero-order valence-electron chi connectivity index (χ0n) is 21.1. The fraction of sp³-hybridized carbons (Fsp3) is 0.630. The van der Waals surface area contributed by atoms with Crippen LogP contribution in [0.5, 0.6) is 5.75 Å². The highest BCUT2D eigenvalue weighted by Crippen LogP contribution is 2.31. The molecule has 4 rings (SSSR count). The number of hydrogen-bond acceptors (Lipinski definition) is 7. The molecule has 9 nitrogen and oxygen atoms in total. The number of rotatable bonds is 12. The SMILES string of the molecule is COC(=O)[C@@H]1CC[C@H](CNCCCCCCOc2ccc3c(c2)CN(C2CCC(=O)NC2=O)C3=O)C1. The molecule has 1 saturated carbocycles. The zero-order valence-corrected chi connectivity index (χ0v) is 21.1. The summed E-state index contributed by atoms with van der Waals surface area (Å²) in [5.41, 5.74) is 1.45. The Labute approximate surface area is 212 Å². The molecule has 36 heavy (non-hydrogen) atoms. The minimum absolute atomic E-state index is 0.0673. The first-order valence-electron chi connectivity index (χ1n) is 13.1. The first-order chi connectivity index (χ1) is 17.5. The van der Waals surface area contributed by atoms with Gasteiger partial charge in [-0.25, -0.2) is 0 Å². The van der Waals surface area contributed by atoms with Crippen molar-refractivity contribution in [3.8, 4) is 5.75 Å². The van der Waals surface area contributed by atoms with E-state index in [2.05, 4.69) is 10.6 Å². The fourth-order valence-corrected chi connectivity index (χ4v) is 5.48. The number of unbranched alkanes of at least 4 members (excludes halogenated alkanes) is 3. The molecule has 3 atom stereocenters. The lowest BCUT2D eigenvalue weighted by molar-refractivity contribution is -0.145. The average molecular weight is 500 g/mol. The smallest absolute Gasteiger partial charge is 0.308 e. The van der Waals surface area contributed by atoms with Crippen molar-refractivity contribution in [2.45, 2.75) is 70.4 Å². The molecule has 0 bridgehead atoms. The van der Waals surface area contributed by atoms with Crippen molar-refractivity contribution in [2.75, 3.05) is 26.8 Å². The van der Waals surface area contributed by atoms with Crippen molar-refractivity contribution in [2.24, 2.45) is 11.8 Å². The summed E-state index contributed by atoms with van der Waals surface area (Å²) < 4.78 is 10.8. The van der Waals surface area contributed by atoms with E-state index < -0.39 is 11.9 Å². The third kappa shape index (κ3) is 6.43. The summed E-state index contributed by atoms with van der Waals surface area (Å²) in [6, 6.07) is 4.86. The maximum Gasteiger partial charge on any atom is 0.308 e. The minimum Gasteiger partial charge on any atom is -0.494 e. The molecule has 0 radical (unpaired) electrons. The number of carbonyl (C=O) groups excluding carboxylic acids is 4. The highest BCUT2D eigenvalue weighted by Gasteiger charge is 2.39. The van der Waals surface area contributed by atoms with Crippen molar-refractivity contribution in [1.29, 1.82) is 0 Å². The van der Waals surface area contributed by atoms with Crippen LogP contribution in [0.2, 0.25) is 0 Å². The number of fused-ring (bicyclic) bond motifs is 1. The van der Waals surface area contributed by atoms with Gasteiger partial charge in [0, 0.05) is 18.5 Å². The van der Waals surface area contributed by atoms with Crippen LogP contribution in [-0.2, 0) is 25.7 Å². The van der Waals surface area contributed by atoms with Gasteiger partial charge >= 0.3 is 5.97 Å². The summed E-state index contributed by atoms with van der Waals surface area (Å²) >= 11 is 0. The summed E-state index contributed by atoms with van der Waals surface area (Å²) in [7, 11) is 1.46. The number of benzene rings is 1. The molecule has 1 aliphatic carbocycles.